The maximum absolute atomic E-state index is 14.2. The number of halogens is 1. The Bertz CT molecular complexity index is 1910. The lowest BCUT2D eigenvalue weighted by Crippen LogP contribution is -2.40. The van der Waals surface area contributed by atoms with Gasteiger partial charge in [0, 0.05) is 21.7 Å². The molecule has 10 heteroatoms. The summed E-state index contributed by atoms with van der Waals surface area (Å²) in [7, 11) is 1.56. The molecule has 0 radical (unpaired) electrons. The van der Waals surface area contributed by atoms with E-state index in [1.54, 1.807) is 43.7 Å². The zero-order valence-electron chi connectivity index (χ0n) is 25.1. The van der Waals surface area contributed by atoms with Crippen molar-refractivity contribution in [2.24, 2.45) is 4.99 Å². The third kappa shape index (κ3) is 6.30. The summed E-state index contributed by atoms with van der Waals surface area (Å²) in [5.74, 6) is 1.02. The van der Waals surface area contributed by atoms with Gasteiger partial charge in [0.25, 0.3) is 5.56 Å². The molecule has 3 aromatic carbocycles. The van der Waals surface area contributed by atoms with Crippen LogP contribution in [0.3, 0.4) is 0 Å². The van der Waals surface area contributed by atoms with Crippen molar-refractivity contribution in [2.45, 2.75) is 46.4 Å². The number of para-hydroxylation sites is 2. The summed E-state index contributed by atoms with van der Waals surface area (Å²) in [6, 6.07) is 19.5. The predicted octanol–water partition coefficient (Wildman–Crippen LogP) is 5.83. The molecule has 0 amide bonds. The first-order chi connectivity index (χ1) is 21.2. The minimum Gasteiger partial charge on any atom is -0.493 e. The molecule has 5 rings (SSSR count). The molecular weight excluding hydrogens is 600 g/mol. The highest BCUT2D eigenvalue weighted by Gasteiger charge is 2.35. The van der Waals surface area contributed by atoms with E-state index in [-0.39, 0.29) is 30.5 Å². The van der Waals surface area contributed by atoms with E-state index in [9.17, 15) is 9.59 Å². The Morgan fingerprint density at radius 3 is 2.52 bits per heavy atom. The second-order valence-electron chi connectivity index (χ2n) is 10.3. The molecule has 0 spiro atoms. The maximum Gasteiger partial charge on any atom is 0.338 e. The van der Waals surface area contributed by atoms with E-state index in [4.69, 9.17) is 35.5 Å². The Morgan fingerprint density at radius 1 is 1.07 bits per heavy atom. The molecule has 0 aliphatic carbocycles. The molecular formula is C34H33ClN2O6S. The number of fused-ring (bicyclic) bond motifs is 1. The molecule has 44 heavy (non-hydrogen) atoms. The van der Waals surface area contributed by atoms with Gasteiger partial charge < -0.3 is 18.9 Å². The van der Waals surface area contributed by atoms with Crippen LogP contribution in [0.2, 0.25) is 5.02 Å². The molecule has 0 bridgehead atoms. The first-order valence-corrected chi connectivity index (χ1v) is 15.4. The standard InChI is InChI=1S/C34H33ClN2O6S/c1-6-41-33(39)29-21(4)36-34-37(30(29)24-14-8-10-16-26(24)43-20(2)3)32(38)28(44-34)18-22-13-11-17-27(40-5)31(22)42-19-23-12-7-9-15-25(23)35/h7-18,20,30H,6,19H2,1-5H3/b28-18-/t30-/m1/s1. The smallest absolute Gasteiger partial charge is 0.338 e. The number of hydrogen-bond acceptors (Lipinski definition) is 8. The molecule has 228 valence electrons. The van der Waals surface area contributed by atoms with Crippen molar-refractivity contribution in [3.05, 3.63) is 119 Å². The number of hydrogen-bond donors (Lipinski definition) is 0. The van der Waals surface area contributed by atoms with Crippen LogP contribution in [0.5, 0.6) is 17.2 Å². The largest absolute Gasteiger partial charge is 0.493 e. The van der Waals surface area contributed by atoms with Crippen LogP contribution in [0.1, 0.15) is 50.4 Å². The Morgan fingerprint density at radius 2 is 1.80 bits per heavy atom. The van der Waals surface area contributed by atoms with Gasteiger partial charge in [-0.15, -0.1) is 0 Å². The zero-order valence-corrected chi connectivity index (χ0v) is 26.7. The summed E-state index contributed by atoms with van der Waals surface area (Å²) < 4.78 is 25.3. The molecule has 4 aromatic rings. The summed E-state index contributed by atoms with van der Waals surface area (Å²) in [5, 5.41) is 0.590. The number of rotatable bonds is 10. The Hall–Kier alpha value is -4.34. The van der Waals surface area contributed by atoms with E-state index < -0.39 is 12.0 Å². The lowest BCUT2D eigenvalue weighted by Gasteiger charge is -2.26. The van der Waals surface area contributed by atoms with E-state index >= 15 is 0 Å². The van der Waals surface area contributed by atoms with Gasteiger partial charge in [-0.1, -0.05) is 71.5 Å². The van der Waals surface area contributed by atoms with Gasteiger partial charge >= 0.3 is 5.97 Å². The quantitative estimate of drug-likeness (QED) is 0.205. The average Bonchev–Trinajstić information content (AvgIpc) is 3.30. The Balaban J connectivity index is 1.67. The topological polar surface area (TPSA) is 88.4 Å². The number of carbonyl (C=O) groups excluding carboxylic acids is 1. The van der Waals surface area contributed by atoms with Gasteiger partial charge in [0.1, 0.15) is 18.4 Å². The predicted molar refractivity (Wildman–Crippen MR) is 171 cm³/mol. The molecule has 1 aliphatic rings. The summed E-state index contributed by atoms with van der Waals surface area (Å²) in [6.07, 6.45) is 1.63. The number of allylic oxidation sites excluding steroid dienone is 1. The van der Waals surface area contributed by atoms with Crippen molar-refractivity contribution in [2.75, 3.05) is 13.7 Å². The van der Waals surface area contributed by atoms with Gasteiger partial charge in [-0.2, -0.15) is 0 Å². The average molecular weight is 633 g/mol. The molecule has 1 aliphatic heterocycles. The number of ether oxygens (including phenoxy) is 4. The van der Waals surface area contributed by atoms with Gasteiger partial charge in [0.15, 0.2) is 16.3 Å². The van der Waals surface area contributed by atoms with Crippen LogP contribution in [0.15, 0.2) is 87.8 Å². The maximum atomic E-state index is 14.2. The van der Waals surface area contributed by atoms with Crippen molar-refractivity contribution >= 4 is 35.0 Å². The number of carbonyl (C=O) groups is 1. The van der Waals surface area contributed by atoms with E-state index in [1.807, 2.05) is 68.4 Å². The van der Waals surface area contributed by atoms with Crippen molar-refractivity contribution in [1.82, 2.24) is 4.57 Å². The van der Waals surface area contributed by atoms with E-state index in [0.717, 1.165) is 5.56 Å². The van der Waals surface area contributed by atoms with Crippen molar-refractivity contribution in [3.63, 3.8) is 0 Å². The van der Waals surface area contributed by atoms with Crippen molar-refractivity contribution in [1.29, 1.82) is 0 Å². The number of benzene rings is 3. The van der Waals surface area contributed by atoms with Crippen LogP contribution in [0.25, 0.3) is 6.08 Å². The zero-order chi connectivity index (χ0) is 31.4. The SMILES string of the molecule is CCOC(=O)C1=C(C)N=c2s/c(=C\c3cccc(OC)c3OCc3ccccc3Cl)c(=O)n2[C@@H]1c1ccccc1OC(C)C. The summed E-state index contributed by atoms with van der Waals surface area (Å²) in [4.78, 5) is 32.7. The highest BCUT2D eigenvalue weighted by atomic mass is 35.5. The summed E-state index contributed by atoms with van der Waals surface area (Å²) in [6.45, 7) is 7.74. The van der Waals surface area contributed by atoms with Gasteiger partial charge in [-0.05, 0) is 52.0 Å². The van der Waals surface area contributed by atoms with Gasteiger partial charge in [0.05, 0.1) is 35.6 Å². The molecule has 2 heterocycles. The van der Waals surface area contributed by atoms with Crippen LogP contribution in [0.4, 0.5) is 0 Å². The molecule has 0 unspecified atom stereocenters. The minimum atomic E-state index is -0.802. The first kappa shape index (κ1) is 31.1. The van der Waals surface area contributed by atoms with E-state index in [1.165, 1.54) is 11.3 Å². The molecule has 1 atom stereocenters. The number of aromatic nitrogens is 1. The second-order valence-corrected chi connectivity index (χ2v) is 11.7. The molecule has 0 saturated heterocycles. The van der Waals surface area contributed by atoms with Crippen LogP contribution < -0.4 is 29.1 Å². The Labute approximate surface area is 264 Å². The van der Waals surface area contributed by atoms with Crippen molar-refractivity contribution in [3.8, 4) is 17.2 Å². The fourth-order valence-electron chi connectivity index (χ4n) is 5.02. The molecule has 0 saturated carbocycles. The lowest BCUT2D eigenvalue weighted by atomic mass is 9.95. The first-order valence-electron chi connectivity index (χ1n) is 14.2. The van der Waals surface area contributed by atoms with Crippen molar-refractivity contribution < 1.29 is 23.7 Å². The van der Waals surface area contributed by atoms with Gasteiger partial charge in [-0.25, -0.2) is 9.79 Å². The number of nitrogens with zero attached hydrogens (tertiary/aromatic N) is 2. The molecule has 1 aromatic heterocycles. The number of methoxy groups -OCH3 is 1. The second kappa shape index (κ2) is 13.5. The highest BCUT2D eigenvalue weighted by Crippen LogP contribution is 2.37. The minimum absolute atomic E-state index is 0.125. The summed E-state index contributed by atoms with van der Waals surface area (Å²) >= 11 is 7.59. The van der Waals surface area contributed by atoms with Gasteiger partial charge in [0.2, 0.25) is 0 Å². The summed E-state index contributed by atoms with van der Waals surface area (Å²) in [5.41, 5.74) is 2.57. The Kier molecular flexibility index (Phi) is 9.56. The van der Waals surface area contributed by atoms with Crippen LogP contribution in [-0.2, 0) is 16.1 Å². The molecule has 0 fully saturated rings. The van der Waals surface area contributed by atoms with Crippen LogP contribution >= 0.6 is 22.9 Å². The monoisotopic (exact) mass is 632 g/mol. The number of esters is 1. The third-order valence-electron chi connectivity index (χ3n) is 6.94. The normalized spacial score (nSPS) is 14.7. The van der Waals surface area contributed by atoms with Crippen LogP contribution in [-0.4, -0.2) is 30.4 Å². The number of thiazole rings is 1. The van der Waals surface area contributed by atoms with E-state index in [2.05, 4.69) is 0 Å². The van der Waals surface area contributed by atoms with Gasteiger partial charge in [-0.3, -0.25) is 9.36 Å². The lowest BCUT2D eigenvalue weighted by molar-refractivity contribution is -0.139. The van der Waals surface area contributed by atoms with E-state index in [0.29, 0.717) is 48.4 Å². The fourth-order valence-corrected chi connectivity index (χ4v) is 6.25. The molecule has 0 N–H and O–H groups in total. The third-order valence-corrected chi connectivity index (χ3v) is 8.29. The van der Waals surface area contributed by atoms with Crippen LogP contribution in [0, 0.1) is 0 Å². The molecule has 8 nitrogen and oxygen atoms in total. The highest BCUT2D eigenvalue weighted by molar-refractivity contribution is 7.07. The fraction of sp³-hybridized carbons (Fsp3) is 0.265.